The lowest BCUT2D eigenvalue weighted by Gasteiger charge is -2.33. The zero-order valence-electron chi connectivity index (χ0n) is 22.1. The Balaban J connectivity index is 1.26. The summed E-state index contributed by atoms with van der Waals surface area (Å²) < 4.78 is 8.15. The Morgan fingerprint density at radius 1 is 1.08 bits per heavy atom. The number of nitrogens with one attached hydrogen (secondary N) is 1. The van der Waals surface area contributed by atoms with Crippen molar-refractivity contribution in [3.63, 3.8) is 0 Å². The number of nitrogens with zero attached hydrogens (tertiary/aromatic N) is 2. The number of carbonyl (C=O) groups is 1. The van der Waals surface area contributed by atoms with Gasteiger partial charge in [0.15, 0.2) is 9.43 Å². The third-order valence-corrected chi connectivity index (χ3v) is 10.3. The molecule has 39 heavy (non-hydrogen) atoms. The van der Waals surface area contributed by atoms with Crippen molar-refractivity contribution in [3.8, 4) is 0 Å². The van der Waals surface area contributed by atoms with Crippen LogP contribution in [0.15, 0.2) is 85.6 Å². The van der Waals surface area contributed by atoms with E-state index < -0.39 is 0 Å². The monoisotopic (exact) mass is 571 g/mol. The molecule has 0 unspecified atom stereocenters. The average molecular weight is 572 g/mol. The highest BCUT2D eigenvalue weighted by Gasteiger charge is 2.33. The molecule has 0 radical (unpaired) electrons. The molecule has 198 valence electrons. The molecule has 5 nitrogen and oxygen atoms in total. The van der Waals surface area contributed by atoms with Gasteiger partial charge in [0.1, 0.15) is 10.8 Å². The second kappa shape index (κ2) is 10.8. The molecular formula is C31H29N3O2S3. The van der Waals surface area contributed by atoms with Gasteiger partial charge in [-0.2, -0.15) is 0 Å². The number of amides is 1. The lowest BCUT2D eigenvalue weighted by molar-refractivity contribution is 0.102. The van der Waals surface area contributed by atoms with E-state index in [9.17, 15) is 4.79 Å². The van der Waals surface area contributed by atoms with Gasteiger partial charge in [0, 0.05) is 10.6 Å². The molecule has 1 aliphatic rings. The van der Waals surface area contributed by atoms with Crippen molar-refractivity contribution in [2.24, 2.45) is 16.3 Å². The SMILES string of the molecule is CC(C)(C)[C@@H]1CCc2c(sc(N=Cc3ccc(Sc4nc5ccccc5s4)o3)c2C(=O)Nc2ccccc2)C1. The summed E-state index contributed by atoms with van der Waals surface area (Å²) in [6.07, 6.45) is 4.67. The van der Waals surface area contributed by atoms with Crippen LogP contribution in [0.5, 0.6) is 0 Å². The summed E-state index contributed by atoms with van der Waals surface area (Å²) in [7, 11) is 0. The van der Waals surface area contributed by atoms with E-state index >= 15 is 0 Å². The minimum absolute atomic E-state index is 0.105. The van der Waals surface area contributed by atoms with E-state index in [0.717, 1.165) is 55.2 Å². The van der Waals surface area contributed by atoms with Crippen LogP contribution in [0.1, 0.15) is 53.8 Å². The smallest absolute Gasteiger partial charge is 0.259 e. The zero-order valence-corrected chi connectivity index (χ0v) is 24.5. The fraction of sp³-hybridized carbons (Fsp3) is 0.258. The maximum absolute atomic E-state index is 13.5. The van der Waals surface area contributed by atoms with Crippen LogP contribution in [0, 0.1) is 11.3 Å². The van der Waals surface area contributed by atoms with Gasteiger partial charge in [-0.05, 0) is 84.3 Å². The highest BCUT2D eigenvalue weighted by Crippen LogP contribution is 2.45. The van der Waals surface area contributed by atoms with Gasteiger partial charge in [0.25, 0.3) is 5.91 Å². The Labute approximate surface area is 240 Å². The number of hydrogen-bond acceptors (Lipinski definition) is 7. The quantitative estimate of drug-likeness (QED) is 0.206. The van der Waals surface area contributed by atoms with Crippen molar-refractivity contribution in [1.82, 2.24) is 4.98 Å². The predicted octanol–water partition coefficient (Wildman–Crippen LogP) is 9.26. The van der Waals surface area contributed by atoms with Crippen LogP contribution in [-0.4, -0.2) is 17.1 Å². The summed E-state index contributed by atoms with van der Waals surface area (Å²) >= 11 is 4.79. The van der Waals surface area contributed by atoms with E-state index in [4.69, 9.17) is 9.41 Å². The third-order valence-electron chi connectivity index (χ3n) is 7.10. The molecule has 0 bridgehead atoms. The van der Waals surface area contributed by atoms with Crippen LogP contribution >= 0.6 is 34.4 Å². The highest BCUT2D eigenvalue weighted by atomic mass is 32.2. The number of para-hydroxylation sites is 2. The van der Waals surface area contributed by atoms with Crippen molar-refractivity contribution < 1.29 is 9.21 Å². The number of carbonyl (C=O) groups excluding carboxylic acids is 1. The standard InChI is InChI=1S/C31H29N3O2S3/c1-31(2,3)19-13-15-22-25(17-19)37-29(27(22)28(35)33-20-9-5-4-6-10-20)32-18-21-14-16-26(36-21)39-30-34-23-11-7-8-12-24(23)38-30/h4-12,14,16,18-19H,13,15,17H2,1-3H3,(H,33,35)/t19-/m1/s1. The van der Waals surface area contributed by atoms with Gasteiger partial charge in [-0.15, -0.1) is 22.7 Å². The molecular weight excluding hydrogens is 543 g/mol. The summed E-state index contributed by atoms with van der Waals surface area (Å²) in [4.78, 5) is 24.3. The van der Waals surface area contributed by atoms with E-state index in [2.05, 4.69) is 37.1 Å². The summed E-state index contributed by atoms with van der Waals surface area (Å²) in [5.74, 6) is 1.12. The van der Waals surface area contributed by atoms with Crippen LogP contribution in [0.4, 0.5) is 10.7 Å². The second-order valence-electron chi connectivity index (χ2n) is 10.8. The number of rotatable bonds is 6. The van der Waals surface area contributed by atoms with Crippen molar-refractivity contribution >= 4 is 67.5 Å². The molecule has 3 aromatic heterocycles. The lowest BCUT2D eigenvalue weighted by Crippen LogP contribution is -2.27. The van der Waals surface area contributed by atoms with E-state index in [1.165, 1.54) is 16.6 Å². The number of aliphatic imine (C=N–C) groups is 1. The summed E-state index contributed by atoms with van der Waals surface area (Å²) in [6, 6.07) is 21.6. The van der Waals surface area contributed by atoms with Crippen molar-refractivity contribution in [1.29, 1.82) is 0 Å². The molecule has 5 aromatic rings. The molecule has 1 N–H and O–H groups in total. The van der Waals surface area contributed by atoms with Crippen molar-refractivity contribution in [2.45, 2.75) is 49.5 Å². The molecule has 0 aliphatic heterocycles. The molecule has 1 atom stereocenters. The number of benzene rings is 2. The topological polar surface area (TPSA) is 67.5 Å². The number of thiazole rings is 1. The number of thiophene rings is 1. The normalized spacial score (nSPS) is 15.6. The van der Waals surface area contributed by atoms with Gasteiger partial charge < -0.3 is 9.73 Å². The zero-order chi connectivity index (χ0) is 27.0. The summed E-state index contributed by atoms with van der Waals surface area (Å²) in [5, 5.41) is 4.57. The fourth-order valence-corrected chi connectivity index (χ4v) is 8.15. The Bertz CT molecular complexity index is 1620. The van der Waals surface area contributed by atoms with Crippen molar-refractivity contribution in [2.75, 3.05) is 5.32 Å². The van der Waals surface area contributed by atoms with Gasteiger partial charge >= 0.3 is 0 Å². The first-order chi connectivity index (χ1) is 18.8. The third kappa shape index (κ3) is 5.73. The highest BCUT2D eigenvalue weighted by molar-refractivity contribution is 8.01. The molecule has 3 heterocycles. The molecule has 2 aromatic carbocycles. The van der Waals surface area contributed by atoms with Gasteiger partial charge in [0.2, 0.25) is 0 Å². The Morgan fingerprint density at radius 3 is 2.67 bits per heavy atom. The molecule has 0 spiro atoms. The Morgan fingerprint density at radius 2 is 1.87 bits per heavy atom. The second-order valence-corrected chi connectivity index (χ2v) is 14.1. The van der Waals surface area contributed by atoms with E-state index in [1.54, 1.807) is 28.9 Å². The first kappa shape index (κ1) is 26.0. The van der Waals surface area contributed by atoms with Gasteiger partial charge in [0.05, 0.1) is 22.0 Å². The van der Waals surface area contributed by atoms with Crippen LogP contribution in [0.3, 0.4) is 0 Å². The predicted molar refractivity (Wildman–Crippen MR) is 163 cm³/mol. The van der Waals surface area contributed by atoms with Crippen LogP contribution in [0.2, 0.25) is 0 Å². The molecule has 1 amide bonds. The largest absolute Gasteiger partial charge is 0.448 e. The average Bonchev–Trinajstić information content (AvgIpc) is 3.63. The lowest BCUT2D eigenvalue weighted by atomic mass is 9.72. The van der Waals surface area contributed by atoms with Gasteiger partial charge in [-0.1, -0.05) is 51.1 Å². The minimum Gasteiger partial charge on any atom is -0.448 e. The summed E-state index contributed by atoms with van der Waals surface area (Å²) in [5.41, 5.74) is 3.84. The first-order valence-electron chi connectivity index (χ1n) is 13.0. The van der Waals surface area contributed by atoms with E-state index in [1.807, 2.05) is 60.7 Å². The molecule has 0 saturated heterocycles. The Hall–Kier alpha value is -3.20. The maximum Gasteiger partial charge on any atom is 0.259 e. The number of hydrogen-bond donors (Lipinski definition) is 1. The van der Waals surface area contributed by atoms with Crippen molar-refractivity contribution in [3.05, 3.63) is 88.5 Å². The molecule has 1 aliphatic carbocycles. The molecule has 6 rings (SSSR count). The number of anilines is 1. The van der Waals surface area contributed by atoms with E-state index in [-0.39, 0.29) is 11.3 Å². The molecule has 0 saturated carbocycles. The number of aromatic nitrogens is 1. The van der Waals surface area contributed by atoms with E-state index in [0.29, 0.717) is 17.2 Å². The van der Waals surface area contributed by atoms with Crippen LogP contribution in [-0.2, 0) is 12.8 Å². The number of furan rings is 1. The first-order valence-corrected chi connectivity index (χ1v) is 15.5. The number of fused-ring (bicyclic) bond motifs is 2. The fourth-order valence-electron chi connectivity index (χ4n) is 4.91. The summed E-state index contributed by atoms with van der Waals surface area (Å²) in [6.45, 7) is 6.91. The van der Waals surface area contributed by atoms with Crippen LogP contribution in [0.25, 0.3) is 10.2 Å². The molecule has 8 heteroatoms. The maximum atomic E-state index is 13.5. The van der Waals surface area contributed by atoms with Gasteiger partial charge in [-0.3, -0.25) is 4.79 Å². The molecule has 0 fully saturated rings. The van der Waals surface area contributed by atoms with Gasteiger partial charge in [-0.25, -0.2) is 9.98 Å². The Kier molecular flexibility index (Phi) is 7.18. The minimum atomic E-state index is -0.105. The van der Waals surface area contributed by atoms with Crippen LogP contribution < -0.4 is 5.32 Å².